The number of carbonyl (C=O) groups is 2. The van der Waals surface area contributed by atoms with Gasteiger partial charge in [0, 0.05) is 31.2 Å². The predicted molar refractivity (Wildman–Crippen MR) is 287 cm³/mol. The van der Waals surface area contributed by atoms with E-state index in [4.69, 9.17) is 23.7 Å². The second-order valence-electron chi connectivity index (χ2n) is 24.6. The normalized spacial score (nSPS) is 15.3. The molecule has 0 saturated heterocycles. The van der Waals surface area contributed by atoms with Crippen molar-refractivity contribution in [2.75, 3.05) is 39.6 Å². The molecular weight excluding hydrogens is 1810 g/mol. The summed E-state index contributed by atoms with van der Waals surface area (Å²) >= 11 is 0. The molecule has 0 amide bonds. The summed E-state index contributed by atoms with van der Waals surface area (Å²) in [6.07, 6.45) is -48.8. The van der Waals surface area contributed by atoms with Gasteiger partial charge in [-0.2, -0.15) is 224 Å². The van der Waals surface area contributed by atoms with Crippen LogP contribution in [0.5, 0.6) is 17.2 Å². The Labute approximate surface area is 620 Å². The second kappa shape index (κ2) is 33.5. The summed E-state index contributed by atoms with van der Waals surface area (Å²) in [7, 11) is 0. The van der Waals surface area contributed by atoms with Gasteiger partial charge in [-0.1, -0.05) is 42.5 Å². The second-order valence-corrected chi connectivity index (χ2v) is 24.6. The SMILES string of the molecule is O=C(Cc1cccc2ccccc12)OCCOCCc1c(C(=O)O)cc(OCCCCC(F)(F)C(F)(F)C(F)(F)C(F)(F)C(F)(F)C(F)(F)C(F)(F)C(F)(F)F)c(OCCCCC(F)(F)C(F)(F)C(F)(F)C(F)(F)C(F)(F)C(F)(F)C(F)(F)C(F)(F)F)c1OCCCCC(F)(F)C(F)(F)C(F)(F)C(F)(F)C(F)(F)C(F)(F)C(F)(F)C(F)(F)F. The lowest BCUT2D eigenvalue weighted by Crippen LogP contribution is -2.74. The van der Waals surface area contributed by atoms with Crippen LogP contribution >= 0.6 is 0 Å². The van der Waals surface area contributed by atoms with Crippen molar-refractivity contribution in [3.63, 3.8) is 0 Å². The maximum atomic E-state index is 15.0. The van der Waals surface area contributed by atoms with Gasteiger partial charge < -0.3 is 28.8 Å². The molecule has 0 fully saturated rings. The Morgan fingerprint density at radius 1 is 0.297 bits per heavy atom. The first-order chi connectivity index (χ1) is 52.2. The van der Waals surface area contributed by atoms with Crippen LogP contribution in [-0.2, 0) is 27.1 Å². The largest absolute Gasteiger partial charge is 0.490 e. The average Bonchev–Trinajstić information content (AvgIpc) is 0.703. The van der Waals surface area contributed by atoms with Gasteiger partial charge in [-0.3, -0.25) is 4.79 Å². The number of esters is 1. The van der Waals surface area contributed by atoms with Crippen LogP contribution in [-0.4, -0.2) is 200 Å². The molecule has 0 bridgehead atoms. The highest BCUT2D eigenvalue weighted by Gasteiger charge is 2.99. The summed E-state index contributed by atoms with van der Waals surface area (Å²) in [6.45, 7) is -8.79. The molecule has 0 spiro atoms. The van der Waals surface area contributed by atoms with Crippen LogP contribution in [0.3, 0.4) is 0 Å². The standard InChI is InChI=1S/C59H43F51O8/c60-36(61,39(66,67)42(72,73)45(78,79)48(84,85)51(90,91)54(96,97)57(102,103)104)15-3-6-18-115-31-25-30(35(112)113)29(14-21-114-22-23-116-32(111)24-27-12-9-11-26-10-1-2-13-28(26)27)33(117-19-7-4-16-37(62,63)40(68,69)43(74,75)46(80,81)49(86,87)52(92,93)55(98,99)58(105,106)107)34(31)118-20-8-5-17-38(64,65)41(70,71)44(76,77)47(82,83)50(88,89)53(94,95)56(100,101)59(108,109)110/h1-2,9-13,25H,3-8,14-24H2,(H,112,113). The highest BCUT2D eigenvalue weighted by molar-refractivity contribution is 5.92. The molecule has 3 aromatic rings. The molecule has 0 aromatic heterocycles. The van der Waals surface area contributed by atoms with Gasteiger partial charge in [0.05, 0.1) is 45.0 Å². The van der Waals surface area contributed by atoms with Crippen LogP contribution in [0.25, 0.3) is 10.8 Å². The van der Waals surface area contributed by atoms with E-state index in [-0.39, 0.29) is 6.07 Å². The summed E-state index contributed by atoms with van der Waals surface area (Å²) in [5, 5.41) is 11.3. The van der Waals surface area contributed by atoms with Crippen molar-refractivity contribution in [3.05, 3.63) is 65.2 Å². The molecule has 118 heavy (non-hydrogen) atoms. The number of carboxylic acid groups (broad SMARTS) is 1. The number of carboxylic acids is 1. The molecule has 0 heterocycles. The number of rotatable bonds is 45. The molecule has 0 aliphatic rings. The van der Waals surface area contributed by atoms with Gasteiger partial charge >= 0.3 is 155 Å². The van der Waals surface area contributed by atoms with E-state index in [0.29, 0.717) is 16.3 Å². The third kappa shape index (κ3) is 17.7. The zero-order chi connectivity index (χ0) is 93.0. The molecule has 0 radical (unpaired) electrons. The lowest BCUT2D eigenvalue weighted by molar-refractivity contribution is -0.461. The molecule has 1 N–H and O–H groups in total. The summed E-state index contributed by atoms with van der Waals surface area (Å²) in [4.78, 5) is 25.6. The average molecular weight is 1850 g/mol. The zero-order valence-corrected chi connectivity index (χ0v) is 56.2. The van der Waals surface area contributed by atoms with Gasteiger partial charge in [0.25, 0.3) is 0 Å². The molecular formula is C59H43F51O8. The van der Waals surface area contributed by atoms with Crippen molar-refractivity contribution < 1.29 is 262 Å². The lowest BCUT2D eigenvalue weighted by Gasteiger charge is -2.42. The van der Waals surface area contributed by atoms with Crippen LogP contribution < -0.4 is 14.2 Å². The molecule has 8 nitrogen and oxygen atoms in total. The number of hydrogen-bond acceptors (Lipinski definition) is 7. The Morgan fingerprint density at radius 2 is 0.585 bits per heavy atom. The van der Waals surface area contributed by atoms with E-state index >= 15 is 0 Å². The van der Waals surface area contributed by atoms with Gasteiger partial charge in [-0.05, 0) is 60.9 Å². The van der Waals surface area contributed by atoms with E-state index in [1.54, 1.807) is 18.2 Å². The summed E-state index contributed by atoms with van der Waals surface area (Å²) in [5.74, 6) is -191. The Kier molecular flexibility index (Phi) is 29.7. The van der Waals surface area contributed by atoms with Gasteiger partial charge in [0.1, 0.15) is 6.61 Å². The highest BCUT2D eigenvalue weighted by Crippen LogP contribution is 2.69. The molecule has 0 unspecified atom stereocenters. The van der Waals surface area contributed by atoms with Crippen LogP contribution in [0.1, 0.15) is 79.3 Å². The topological polar surface area (TPSA) is 101 Å². The van der Waals surface area contributed by atoms with Crippen molar-refractivity contribution in [3.8, 4) is 17.2 Å². The maximum absolute atomic E-state index is 15.0. The first-order valence-corrected chi connectivity index (χ1v) is 30.8. The van der Waals surface area contributed by atoms with E-state index in [1.807, 2.05) is 0 Å². The molecule has 3 aromatic carbocycles. The molecule has 684 valence electrons. The summed E-state index contributed by atoms with van der Waals surface area (Å²) in [6, 6.07) is 10.5. The van der Waals surface area contributed by atoms with Crippen molar-refractivity contribution in [2.45, 2.75) is 214 Å². The van der Waals surface area contributed by atoms with Gasteiger partial charge in [-0.15, -0.1) is 0 Å². The Balaban J connectivity index is 2.26. The molecule has 0 aliphatic heterocycles. The van der Waals surface area contributed by atoms with Crippen LogP contribution in [0.4, 0.5) is 224 Å². The first-order valence-electron chi connectivity index (χ1n) is 30.8. The van der Waals surface area contributed by atoms with E-state index in [2.05, 4.69) is 0 Å². The molecule has 59 heteroatoms. The Bertz CT molecular complexity index is 3910. The summed E-state index contributed by atoms with van der Waals surface area (Å²) in [5.41, 5.74) is -2.63. The number of carbonyl (C=O) groups excluding carboxylic acids is 1. The molecule has 0 saturated carbocycles. The third-order valence-corrected chi connectivity index (χ3v) is 16.5. The van der Waals surface area contributed by atoms with Crippen molar-refractivity contribution in [1.29, 1.82) is 0 Å². The minimum atomic E-state index is -9.18. The fourth-order valence-electron chi connectivity index (χ4n) is 9.57. The number of hydrogen-bond donors (Lipinski definition) is 1. The van der Waals surface area contributed by atoms with E-state index in [9.17, 15) is 239 Å². The number of alkyl halides is 51. The number of unbranched alkanes of at least 4 members (excludes halogenated alkanes) is 3. The number of aromatic carboxylic acids is 1. The third-order valence-electron chi connectivity index (χ3n) is 16.5. The number of benzene rings is 3. The smallest absolute Gasteiger partial charge is 0.460 e. The number of fused-ring (bicyclic) bond motifs is 1. The number of halogens is 51. The quantitative estimate of drug-likeness (QED) is 0.0339. The molecule has 0 aliphatic carbocycles. The van der Waals surface area contributed by atoms with Crippen LogP contribution in [0.2, 0.25) is 0 Å². The predicted octanol–water partition coefficient (Wildman–Crippen LogP) is 23.6. The van der Waals surface area contributed by atoms with E-state index < -0.39 is 293 Å². The Morgan fingerprint density at radius 3 is 0.907 bits per heavy atom. The van der Waals surface area contributed by atoms with Gasteiger partial charge in [0.2, 0.25) is 5.75 Å². The fourth-order valence-corrected chi connectivity index (χ4v) is 9.57. The fraction of sp³-hybridized carbons (Fsp3) is 0.695. The van der Waals surface area contributed by atoms with Gasteiger partial charge in [0.15, 0.2) is 11.5 Å². The molecule has 0 atom stereocenters. The Hall–Kier alpha value is -7.35. The first kappa shape index (κ1) is 105. The molecule has 3 rings (SSSR count). The van der Waals surface area contributed by atoms with Gasteiger partial charge in [-0.25, -0.2) is 4.79 Å². The van der Waals surface area contributed by atoms with Crippen molar-refractivity contribution in [2.24, 2.45) is 0 Å². The lowest BCUT2D eigenvalue weighted by atomic mass is 9.88. The highest BCUT2D eigenvalue weighted by atomic mass is 19.5. The van der Waals surface area contributed by atoms with Crippen molar-refractivity contribution >= 4 is 22.7 Å². The maximum Gasteiger partial charge on any atom is 0.460 e. The van der Waals surface area contributed by atoms with E-state index in [0.717, 1.165) is 0 Å². The van der Waals surface area contributed by atoms with Crippen LogP contribution in [0, 0.1) is 0 Å². The van der Waals surface area contributed by atoms with Crippen LogP contribution in [0.15, 0.2) is 48.5 Å². The van der Waals surface area contributed by atoms with Crippen molar-refractivity contribution in [1.82, 2.24) is 0 Å². The zero-order valence-electron chi connectivity index (χ0n) is 56.2. The van der Waals surface area contributed by atoms with E-state index in [1.165, 1.54) is 24.3 Å². The minimum absolute atomic E-state index is 0.123. The number of ether oxygens (including phenoxy) is 5. The monoisotopic (exact) mass is 1850 g/mol. The summed E-state index contributed by atoms with van der Waals surface area (Å²) < 4.78 is 737. The minimum Gasteiger partial charge on any atom is -0.490 e.